The van der Waals surface area contributed by atoms with E-state index in [0.717, 1.165) is 11.1 Å². The second-order valence-electron chi connectivity index (χ2n) is 3.92. The van der Waals surface area contributed by atoms with E-state index in [1.165, 1.54) is 0 Å². The summed E-state index contributed by atoms with van der Waals surface area (Å²) in [5, 5.41) is 11.4. The molecule has 0 aliphatic carbocycles. The van der Waals surface area contributed by atoms with Gasteiger partial charge in [-0.05, 0) is 36.2 Å². The second kappa shape index (κ2) is 5.09. The lowest BCUT2D eigenvalue weighted by molar-refractivity contribution is 0.219. The zero-order valence-corrected chi connectivity index (χ0v) is 10.8. The molecule has 0 aliphatic heterocycles. The Morgan fingerprint density at radius 1 is 1.00 bits per heavy atom. The molecule has 0 aromatic heterocycles. The molecule has 2 aromatic carbocycles. The molecule has 1 unspecified atom stereocenters. The van der Waals surface area contributed by atoms with Gasteiger partial charge in [-0.1, -0.05) is 47.5 Å². The first kappa shape index (κ1) is 12.4. The summed E-state index contributed by atoms with van der Waals surface area (Å²) in [7, 11) is 0. The summed E-state index contributed by atoms with van der Waals surface area (Å²) in [5.74, 6) is 0. The third kappa shape index (κ3) is 2.63. The maximum Gasteiger partial charge on any atom is 0.106 e. The maximum absolute atomic E-state index is 10.3. The molecule has 0 amide bonds. The number of aliphatic hydroxyl groups is 1. The molecule has 1 atom stereocenters. The van der Waals surface area contributed by atoms with Crippen molar-refractivity contribution in [2.45, 2.75) is 13.0 Å². The Hall–Kier alpha value is -1.02. The molecule has 1 nitrogen and oxygen atoms in total. The van der Waals surface area contributed by atoms with Gasteiger partial charge in [-0.3, -0.25) is 0 Å². The molecule has 0 saturated carbocycles. The van der Waals surface area contributed by atoms with Crippen molar-refractivity contribution in [3.05, 3.63) is 69.2 Å². The van der Waals surface area contributed by atoms with Crippen LogP contribution in [0.5, 0.6) is 0 Å². The summed E-state index contributed by atoms with van der Waals surface area (Å²) in [5.41, 5.74) is 2.50. The highest BCUT2D eigenvalue weighted by atomic mass is 35.5. The van der Waals surface area contributed by atoms with Gasteiger partial charge in [0.25, 0.3) is 0 Å². The number of hydrogen-bond acceptors (Lipinski definition) is 1. The Kier molecular flexibility index (Phi) is 3.72. The van der Waals surface area contributed by atoms with Crippen LogP contribution in [0.2, 0.25) is 10.0 Å². The third-order valence-corrected chi connectivity index (χ3v) is 3.31. The fourth-order valence-electron chi connectivity index (χ4n) is 1.79. The molecule has 17 heavy (non-hydrogen) atoms. The molecule has 3 heteroatoms. The van der Waals surface area contributed by atoms with Crippen molar-refractivity contribution in [3.8, 4) is 0 Å². The highest BCUT2D eigenvalue weighted by Crippen LogP contribution is 2.31. The van der Waals surface area contributed by atoms with E-state index in [1.54, 1.807) is 18.2 Å². The van der Waals surface area contributed by atoms with Gasteiger partial charge in [0.2, 0.25) is 0 Å². The molecule has 1 N–H and O–H groups in total. The van der Waals surface area contributed by atoms with Crippen molar-refractivity contribution in [3.63, 3.8) is 0 Å². The predicted molar refractivity (Wildman–Crippen MR) is 71.7 cm³/mol. The Bertz CT molecular complexity index is 537. The first-order valence-electron chi connectivity index (χ1n) is 5.28. The molecule has 88 valence electrons. The Morgan fingerprint density at radius 2 is 1.71 bits per heavy atom. The number of rotatable bonds is 2. The van der Waals surface area contributed by atoms with E-state index in [9.17, 15) is 5.11 Å². The van der Waals surface area contributed by atoms with Crippen LogP contribution in [0, 0.1) is 6.92 Å². The molecule has 0 bridgehead atoms. The normalized spacial score (nSPS) is 12.5. The van der Waals surface area contributed by atoms with Gasteiger partial charge in [-0.15, -0.1) is 0 Å². The van der Waals surface area contributed by atoms with Gasteiger partial charge in [0, 0.05) is 15.6 Å². The van der Waals surface area contributed by atoms with Gasteiger partial charge in [-0.2, -0.15) is 0 Å². The van der Waals surface area contributed by atoms with E-state index in [1.807, 2.05) is 31.2 Å². The summed E-state index contributed by atoms with van der Waals surface area (Å²) in [6, 6.07) is 12.8. The SMILES string of the molecule is Cc1ccccc1C(O)c1cc(Cl)ccc1Cl. The predicted octanol–water partition coefficient (Wildman–Crippen LogP) is 4.38. The lowest BCUT2D eigenvalue weighted by atomic mass is 9.97. The maximum atomic E-state index is 10.3. The molecule has 0 heterocycles. The molecule has 0 spiro atoms. The molecule has 0 saturated heterocycles. The van der Waals surface area contributed by atoms with Crippen LogP contribution in [-0.2, 0) is 0 Å². The Morgan fingerprint density at radius 3 is 2.41 bits per heavy atom. The van der Waals surface area contributed by atoms with E-state index >= 15 is 0 Å². The van der Waals surface area contributed by atoms with Crippen molar-refractivity contribution in [1.82, 2.24) is 0 Å². The average molecular weight is 267 g/mol. The topological polar surface area (TPSA) is 20.2 Å². The number of benzene rings is 2. The summed E-state index contributed by atoms with van der Waals surface area (Å²) < 4.78 is 0. The smallest absolute Gasteiger partial charge is 0.106 e. The molecule has 0 aliphatic rings. The highest BCUT2D eigenvalue weighted by molar-refractivity contribution is 6.33. The van der Waals surface area contributed by atoms with Crippen molar-refractivity contribution >= 4 is 23.2 Å². The van der Waals surface area contributed by atoms with Gasteiger partial charge in [0.15, 0.2) is 0 Å². The van der Waals surface area contributed by atoms with E-state index in [2.05, 4.69) is 0 Å². The summed E-state index contributed by atoms with van der Waals surface area (Å²) in [4.78, 5) is 0. The van der Waals surface area contributed by atoms with Crippen LogP contribution in [0.3, 0.4) is 0 Å². The number of aryl methyl sites for hydroxylation is 1. The third-order valence-electron chi connectivity index (χ3n) is 2.74. The van der Waals surface area contributed by atoms with Gasteiger partial charge in [0.1, 0.15) is 6.10 Å². The number of aliphatic hydroxyl groups excluding tert-OH is 1. The van der Waals surface area contributed by atoms with Gasteiger partial charge < -0.3 is 5.11 Å². The monoisotopic (exact) mass is 266 g/mol. The zero-order chi connectivity index (χ0) is 12.4. The van der Waals surface area contributed by atoms with Crippen molar-refractivity contribution < 1.29 is 5.11 Å². The van der Waals surface area contributed by atoms with E-state index in [4.69, 9.17) is 23.2 Å². The molecular weight excluding hydrogens is 255 g/mol. The van der Waals surface area contributed by atoms with E-state index in [0.29, 0.717) is 15.6 Å². The molecule has 0 fully saturated rings. The van der Waals surface area contributed by atoms with E-state index in [-0.39, 0.29) is 0 Å². The van der Waals surface area contributed by atoms with Gasteiger partial charge in [0.05, 0.1) is 0 Å². The number of halogens is 2. The zero-order valence-electron chi connectivity index (χ0n) is 9.32. The minimum absolute atomic E-state index is 0.519. The summed E-state index contributed by atoms with van der Waals surface area (Å²) in [6.45, 7) is 1.96. The first-order valence-corrected chi connectivity index (χ1v) is 6.03. The van der Waals surface area contributed by atoms with Crippen molar-refractivity contribution in [2.75, 3.05) is 0 Å². The first-order chi connectivity index (χ1) is 8.09. The molecule has 0 radical (unpaired) electrons. The van der Waals surface area contributed by atoms with Crippen LogP contribution in [0.15, 0.2) is 42.5 Å². The fraction of sp³-hybridized carbons (Fsp3) is 0.143. The van der Waals surface area contributed by atoms with Crippen LogP contribution in [-0.4, -0.2) is 5.11 Å². The lowest BCUT2D eigenvalue weighted by Crippen LogP contribution is -2.02. The largest absolute Gasteiger partial charge is 0.384 e. The number of hydrogen-bond donors (Lipinski definition) is 1. The minimum atomic E-state index is -0.748. The quantitative estimate of drug-likeness (QED) is 0.855. The van der Waals surface area contributed by atoms with Gasteiger partial charge in [-0.25, -0.2) is 0 Å². The molecule has 2 rings (SSSR count). The van der Waals surface area contributed by atoms with Crippen LogP contribution in [0.25, 0.3) is 0 Å². The lowest BCUT2D eigenvalue weighted by Gasteiger charge is -2.15. The van der Waals surface area contributed by atoms with E-state index < -0.39 is 6.10 Å². The molecule has 2 aromatic rings. The Balaban J connectivity index is 2.47. The summed E-state index contributed by atoms with van der Waals surface area (Å²) >= 11 is 12.0. The standard InChI is InChI=1S/C14H12Cl2O/c1-9-4-2-3-5-11(9)14(17)12-8-10(15)6-7-13(12)16/h2-8,14,17H,1H3. The average Bonchev–Trinajstić information content (AvgIpc) is 2.32. The van der Waals surface area contributed by atoms with Crippen LogP contribution in [0.1, 0.15) is 22.8 Å². The van der Waals surface area contributed by atoms with Crippen LogP contribution >= 0.6 is 23.2 Å². The fourth-order valence-corrected chi connectivity index (χ4v) is 2.19. The van der Waals surface area contributed by atoms with Crippen LogP contribution in [0.4, 0.5) is 0 Å². The minimum Gasteiger partial charge on any atom is -0.384 e. The molecular formula is C14H12Cl2O. The Labute approximate surface area is 111 Å². The second-order valence-corrected chi connectivity index (χ2v) is 4.77. The van der Waals surface area contributed by atoms with Crippen molar-refractivity contribution in [1.29, 1.82) is 0 Å². The highest BCUT2D eigenvalue weighted by Gasteiger charge is 2.15. The van der Waals surface area contributed by atoms with Gasteiger partial charge >= 0.3 is 0 Å². The van der Waals surface area contributed by atoms with Crippen molar-refractivity contribution in [2.24, 2.45) is 0 Å². The van der Waals surface area contributed by atoms with Crippen LogP contribution < -0.4 is 0 Å². The summed E-state index contributed by atoms with van der Waals surface area (Å²) in [6.07, 6.45) is -0.748.